The molecule has 1 amide bonds. The Morgan fingerprint density at radius 2 is 2.25 bits per heavy atom. The predicted molar refractivity (Wildman–Crippen MR) is 61.0 cm³/mol. The summed E-state index contributed by atoms with van der Waals surface area (Å²) < 4.78 is 0.883. The largest absolute Gasteiger partial charge is 0.481 e. The quantitative estimate of drug-likeness (QED) is 0.806. The second kappa shape index (κ2) is 4.25. The topological polar surface area (TPSA) is 66.4 Å². The molecule has 4 nitrogen and oxygen atoms in total. The van der Waals surface area contributed by atoms with Gasteiger partial charge >= 0.3 is 5.97 Å². The molecule has 1 aromatic rings. The Hall–Kier alpha value is -1.36. The smallest absolute Gasteiger partial charge is 0.316 e. The number of carboxylic acids is 1. The lowest BCUT2D eigenvalue weighted by molar-refractivity contribution is -0.145. The molecule has 1 aliphatic heterocycles. The SMILES string of the molecule is O=C(O)[C@H]1C(=O)NC[C@H]1c1cccc(Br)c1. The van der Waals surface area contributed by atoms with Gasteiger partial charge in [0.25, 0.3) is 0 Å². The molecule has 0 unspecified atom stereocenters. The van der Waals surface area contributed by atoms with Crippen LogP contribution in [-0.4, -0.2) is 23.5 Å². The molecule has 5 heteroatoms. The summed E-state index contributed by atoms with van der Waals surface area (Å²) in [7, 11) is 0. The maximum absolute atomic E-state index is 11.4. The molecule has 16 heavy (non-hydrogen) atoms. The second-order valence-electron chi connectivity index (χ2n) is 3.72. The van der Waals surface area contributed by atoms with Crippen LogP contribution in [0.5, 0.6) is 0 Å². The van der Waals surface area contributed by atoms with Crippen LogP contribution >= 0.6 is 15.9 Å². The fourth-order valence-corrected chi connectivity index (χ4v) is 2.37. The summed E-state index contributed by atoms with van der Waals surface area (Å²) in [4.78, 5) is 22.4. The standard InChI is InChI=1S/C11H10BrNO3/c12-7-3-1-2-6(4-7)8-5-13-10(14)9(8)11(15)16/h1-4,8-9H,5H2,(H,13,14)(H,15,16)/t8-,9+/m0/s1. The van der Waals surface area contributed by atoms with Gasteiger partial charge in [-0.3, -0.25) is 9.59 Å². The van der Waals surface area contributed by atoms with Crippen LogP contribution in [0.15, 0.2) is 28.7 Å². The van der Waals surface area contributed by atoms with E-state index in [2.05, 4.69) is 21.2 Å². The van der Waals surface area contributed by atoms with Gasteiger partial charge in [-0.05, 0) is 17.7 Å². The van der Waals surface area contributed by atoms with Crippen LogP contribution in [0.1, 0.15) is 11.5 Å². The maximum atomic E-state index is 11.4. The average molecular weight is 284 g/mol. The number of nitrogens with one attached hydrogen (secondary N) is 1. The zero-order chi connectivity index (χ0) is 11.7. The van der Waals surface area contributed by atoms with Crippen LogP contribution in [0.2, 0.25) is 0 Å². The molecule has 1 heterocycles. The van der Waals surface area contributed by atoms with Crippen LogP contribution in [-0.2, 0) is 9.59 Å². The summed E-state index contributed by atoms with van der Waals surface area (Å²) >= 11 is 3.33. The fourth-order valence-electron chi connectivity index (χ4n) is 1.95. The van der Waals surface area contributed by atoms with E-state index in [0.29, 0.717) is 6.54 Å². The third-order valence-corrected chi connectivity index (χ3v) is 3.22. The van der Waals surface area contributed by atoms with Gasteiger partial charge in [0.2, 0.25) is 5.91 Å². The molecule has 0 spiro atoms. The van der Waals surface area contributed by atoms with Gasteiger partial charge in [0.15, 0.2) is 0 Å². The number of carboxylic acid groups (broad SMARTS) is 1. The molecule has 84 valence electrons. The van der Waals surface area contributed by atoms with Crippen molar-refractivity contribution >= 4 is 27.8 Å². The van der Waals surface area contributed by atoms with Gasteiger partial charge in [0, 0.05) is 16.9 Å². The lowest BCUT2D eigenvalue weighted by Crippen LogP contribution is -2.26. The number of rotatable bonds is 2. The van der Waals surface area contributed by atoms with E-state index >= 15 is 0 Å². The van der Waals surface area contributed by atoms with Gasteiger partial charge in [-0.1, -0.05) is 28.1 Å². The van der Waals surface area contributed by atoms with Crippen LogP contribution in [0.3, 0.4) is 0 Å². The molecule has 1 fully saturated rings. The molecule has 2 N–H and O–H groups in total. The van der Waals surface area contributed by atoms with Crippen LogP contribution in [0.25, 0.3) is 0 Å². The molecule has 1 saturated heterocycles. The lowest BCUT2D eigenvalue weighted by atomic mass is 9.89. The number of hydrogen-bond donors (Lipinski definition) is 2. The molecule has 1 aliphatic rings. The normalized spacial score (nSPS) is 24.2. The number of amides is 1. The first-order chi connectivity index (χ1) is 7.59. The first-order valence-corrected chi connectivity index (χ1v) is 5.65. The van der Waals surface area contributed by atoms with Gasteiger partial charge < -0.3 is 10.4 Å². The number of hydrogen-bond acceptors (Lipinski definition) is 2. The zero-order valence-electron chi connectivity index (χ0n) is 8.31. The van der Waals surface area contributed by atoms with E-state index in [-0.39, 0.29) is 5.92 Å². The highest BCUT2D eigenvalue weighted by Gasteiger charge is 2.41. The summed E-state index contributed by atoms with van der Waals surface area (Å²) in [6, 6.07) is 7.39. The molecule has 0 saturated carbocycles. The third-order valence-electron chi connectivity index (χ3n) is 2.72. The molecular weight excluding hydrogens is 274 g/mol. The van der Waals surface area contributed by atoms with E-state index in [9.17, 15) is 9.59 Å². The first-order valence-electron chi connectivity index (χ1n) is 4.85. The van der Waals surface area contributed by atoms with Crippen molar-refractivity contribution < 1.29 is 14.7 Å². The average Bonchev–Trinajstić information content (AvgIpc) is 2.60. The van der Waals surface area contributed by atoms with Gasteiger partial charge in [0.1, 0.15) is 5.92 Å². The summed E-state index contributed by atoms with van der Waals surface area (Å²) in [6.45, 7) is 0.381. The van der Waals surface area contributed by atoms with E-state index in [1.54, 1.807) is 0 Å². The highest BCUT2D eigenvalue weighted by molar-refractivity contribution is 9.10. The molecule has 0 bridgehead atoms. The fraction of sp³-hybridized carbons (Fsp3) is 0.273. The Bertz CT molecular complexity index is 447. The number of carbonyl (C=O) groups excluding carboxylic acids is 1. The number of halogens is 1. The Morgan fingerprint density at radius 1 is 1.50 bits per heavy atom. The zero-order valence-corrected chi connectivity index (χ0v) is 9.90. The van der Waals surface area contributed by atoms with Gasteiger partial charge in [0.05, 0.1) is 0 Å². The van der Waals surface area contributed by atoms with E-state index in [4.69, 9.17) is 5.11 Å². The third kappa shape index (κ3) is 1.95. The van der Waals surface area contributed by atoms with Crippen molar-refractivity contribution in [1.29, 1.82) is 0 Å². The monoisotopic (exact) mass is 283 g/mol. The Kier molecular flexibility index (Phi) is 2.96. The van der Waals surface area contributed by atoms with Crippen molar-refractivity contribution in [3.63, 3.8) is 0 Å². The maximum Gasteiger partial charge on any atom is 0.316 e. The first kappa shape index (κ1) is 11.1. The van der Waals surface area contributed by atoms with Crippen molar-refractivity contribution in [2.45, 2.75) is 5.92 Å². The van der Waals surface area contributed by atoms with Crippen LogP contribution < -0.4 is 5.32 Å². The van der Waals surface area contributed by atoms with Crippen molar-refractivity contribution in [3.05, 3.63) is 34.3 Å². The molecule has 0 radical (unpaired) electrons. The van der Waals surface area contributed by atoms with Gasteiger partial charge in [-0.15, -0.1) is 0 Å². The molecule has 2 atom stereocenters. The molecular formula is C11H10BrNO3. The highest BCUT2D eigenvalue weighted by Crippen LogP contribution is 2.30. The molecule has 0 aromatic heterocycles. The summed E-state index contributed by atoms with van der Waals surface area (Å²) in [6.07, 6.45) is 0. The van der Waals surface area contributed by atoms with E-state index < -0.39 is 17.8 Å². The van der Waals surface area contributed by atoms with E-state index in [1.165, 1.54) is 0 Å². The van der Waals surface area contributed by atoms with Gasteiger partial charge in [-0.2, -0.15) is 0 Å². The van der Waals surface area contributed by atoms with Crippen LogP contribution in [0, 0.1) is 5.92 Å². The second-order valence-corrected chi connectivity index (χ2v) is 4.64. The molecule has 1 aromatic carbocycles. The minimum atomic E-state index is -1.07. The van der Waals surface area contributed by atoms with Gasteiger partial charge in [-0.25, -0.2) is 0 Å². The Labute approximate surface area is 101 Å². The lowest BCUT2D eigenvalue weighted by Gasteiger charge is -2.13. The van der Waals surface area contributed by atoms with E-state index in [1.807, 2.05) is 24.3 Å². The molecule has 0 aliphatic carbocycles. The molecule has 2 rings (SSSR count). The Morgan fingerprint density at radius 3 is 2.88 bits per heavy atom. The van der Waals surface area contributed by atoms with Crippen molar-refractivity contribution in [2.75, 3.05) is 6.54 Å². The Balaban J connectivity index is 2.34. The summed E-state index contributed by atoms with van der Waals surface area (Å²) in [5.74, 6) is -2.74. The van der Waals surface area contributed by atoms with Crippen molar-refractivity contribution in [1.82, 2.24) is 5.32 Å². The van der Waals surface area contributed by atoms with Crippen molar-refractivity contribution in [3.8, 4) is 0 Å². The summed E-state index contributed by atoms with van der Waals surface area (Å²) in [5, 5.41) is 11.6. The number of aliphatic carboxylic acids is 1. The minimum absolute atomic E-state index is 0.289. The number of benzene rings is 1. The van der Waals surface area contributed by atoms with Crippen LogP contribution in [0.4, 0.5) is 0 Å². The highest BCUT2D eigenvalue weighted by atomic mass is 79.9. The minimum Gasteiger partial charge on any atom is -0.481 e. The van der Waals surface area contributed by atoms with Crippen molar-refractivity contribution in [2.24, 2.45) is 5.92 Å². The number of carbonyl (C=O) groups is 2. The van der Waals surface area contributed by atoms with E-state index in [0.717, 1.165) is 10.0 Å². The summed E-state index contributed by atoms with van der Waals surface area (Å²) in [5.41, 5.74) is 0.861. The predicted octanol–water partition coefficient (Wildman–Crippen LogP) is 1.36.